The fourth-order valence-corrected chi connectivity index (χ4v) is 1.43. The summed E-state index contributed by atoms with van der Waals surface area (Å²) in [7, 11) is 0. The van der Waals surface area contributed by atoms with Gasteiger partial charge in [-0.2, -0.15) is 4.68 Å². The number of aromatic nitrogens is 2. The van der Waals surface area contributed by atoms with E-state index in [2.05, 4.69) is 21.0 Å². The predicted molar refractivity (Wildman–Crippen MR) is 56.1 cm³/mol. The van der Waals surface area contributed by atoms with E-state index < -0.39 is 4.92 Å². The third kappa shape index (κ3) is 2.12. The van der Waals surface area contributed by atoms with Crippen LogP contribution in [0.25, 0.3) is 0 Å². The molecule has 0 bridgehead atoms. The lowest BCUT2D eigenvalue weighted by molar-refractivity contribution is -0.390. The molecule has 5 nitrogen and oxygen atoms in total. The maximum Gasteiger partial charge on any atom is 0.404 e. The van der Waals surface area contributed by atoms with Crippen LogP contribution in [0.1, 0.15) is 26.8 Å². The zero-order valence-electron chi connectivity index (χ0n) is 8.27. The second kappa shape index (κ2) is 4.08. The molecule has 1 aromatic heterocycles. The van der Waals surface area contributed by atoms with Gasteiger partial charge in [0, 0.05) is 0 Å². The van der Waals surface area contributed by atoms with Crippen molar-refractivity contribution in [2.75, 3.05) is 0 Å². The van der Waals surface area contributed by atoms with Gasteiger partial charge >= 0.3 is 5.82 Å². The molecule has 1 atom stereocenters. The van der Waals surface area contributed by atoms with Gasteiger partial charge in [0.15, 0.2) is 0 Å². The molecule has 0 aliphatic heterocycles. The number of halogens is 1. The molecule has 0 N–H and O–H groups in total. The summed E-state index contributed by atoms with van der Waals surface area (Å²) in [5.74, 6) is 0.263. The van der Waals surface area contributed by atoms with Crippen LogP contribution in [0.2, 0.25) is 0 Å². The topological polar surface area (TPSA) is 61.0 Å². The molecule has 78 valence electrons. The van der Waals surface area contributed by atoms with E-state index in [0.29, 0.717) is 10.4 Å². The fraction of sp³-hybridized carbons (Fsp3) is 0.625. The van der Waals surface area contributed by atoms with Crippen LogP contribution in [0.5, 0.6) is 0 Å². The molecule has 0 saturated carbocycles. The second-order valence-corrected chi connectivity index (χ2v) is 4.38. The minimum atomic E-state index is -0.492. The maximum atomic E-state index is 10.5. The number of hydrogen-bond acceptors (Lipinski definition) is 3. The van der Waals surface area contributed by atoms with Gasteiger partial charge in [-0.1, -0.05) is 13.8 Å². The van der Waals surface area contributed by atoms with Crippen LogP contribution in [0.4, 0.5) is 5.82 Å². The van der Waals surface area contributed by atoms with E-state index in [9.17, 15) is 10.1 Å². The molecule has 1 unspecified atom stereocenters. The van der Waals surface area contributed by atoms with Crippen molar-refractivity contribution < 1.29 is 4.92 Å². The van der Waals surface area contributed by atoms with Crippen LogP contribution < -0.4 is 0 Å². The van der Waals surface area contributed by atoms with Crippen LogP contribution in [-0.2, 0) is 0 Å². The molecule has 1 rings (SSSR count). The van der Waals surface area contributed by atoms with Crippen molar-refractivity contribution in [3.8, 4) is 0 Å². The Kier molecular flexibility index (Phi) is 3.25. The van der Waals surface area contributed by atoms with Crippen LogP contribution >= 0.6 is 15.9 Å². The molecule has 0 amide bonds. The van der Waals surface area contributed by atoms with Crippen LogP contribution in [-0.4, -0.2) is 14.7 Å². The van der Waals surface area contributed by atoms with E-state index in [4.69, 9.17) is 0 Å². The highest BCUT2D eigenvalue weighted by molar-refractivity contribution is 9.10. The van der Waals surface area contributed by atoms with Crippen molar-refractivity contribution in [1.82, 2.24) is 9.78 Å². The van der Waals surface area contributed by atoms with E-state index in [0.717, 1.165) is 0 Å². The van der Waals surface area contributed by atoms with Gasteiger partial charge in [-0.3, -0.25) is 0 Å². The molecule has 0 aliphatic carbocycles. The van der Waals surface area contributed by atoms with Gasteiger partial charge in [0.05, 0.1) is 17.3 Å². The van der Waals surface area contributed by atoms with Crippen LogP contribution in [0, 0.1) is 16.0 Å². The summed E-state index contributed by atoms with van der Waals surface area (Å²) in [6.45, 7) is 6.08. The summed E-state index contributed by atoms with van der Waals surface area (Å²) < 4.78 is 2.04. The van der Waals surface area contributed by atoms with Crippen molar-refractivity contribution >= 4 is 21.7 Å². The molecule has 0 fully saturated rings. The summed E-state index contributed by atoms with van der Waals surface area (Å²) in [4.78, 5) is 10.0. The normalized spacial score (nSPS) is 13.2. The Labute approximate surface area is 90.4 Å². The first kappa shape index (κ1) is 11.2. The molecule has 0 radical (unpaired) electrons. The highest BCUT2D eigenvalue weighted by Crippen LogP contribution is 2.26. The average molecular weight is 262 g/mol. The van der Waals surface area contributed by atoms with Crippen molar-refractivity contribution in [1.29, 1.82) is 0 Å². The molecule has 14 heavy (non-hydrogen) atoms. The largest absolute Gasteiger partial charge is 0.404 e. The lowest BCUT2D eigenvalue weighted by atomic mass is 10.1. The second-order valence-electron chi connectivity index (χ2n) is 3.52. The molecular formula is C8H12BrN3O2. The molecule has 1 heterocycles. The molecule has 0 saturated heterocycles. The lowest BCUT2D eigenvalue weighted by Gasteiger charge is -2.11. The Morgan fingerprint density at radius 2 is 2.14 bits per heavy atom. The van der Waals surface area contributed by atoms with Crippen LogP contribution in [0.3, 0.4) is 0 Å². The SMILES string of the molecule is CC(C)C(C)n1cc(Br)c([N+](=O)[O-])n1. The Balaban J connectivity index is 3.02. The van der Waals surface area contributed by atoms with E-state index >= 15 is 0 Å². The molecule has 1 aromatic rings. The minimum absolute atomic E-state index is 0.127. The first-order chi connectivity index (χ1) is 6.43. The van der Waals surface area contributed by atoms with Gasteiger partial charge in [0.25, 0.3) is 0 Å². The minimum Gasteiger partial charge on any atom is -0.358 e. The number of nitro groups is 1. The predicted octanol–water partition coefficient (Wildman–Crippen LogP) is 2.77. The quantitative estimate of drug-likeness (QED) is 0.621. The molecule has 0 spiro atoms. The third-order valence-corrected chi connectivity index (χ3v) is 2.78. The lowest BCUT2D eigenvalue weighted by Crippen LogP contribution is -2.12. The van der Waals surface area contributed by atoms with Crippen molar-refractivity contribution in [2.45, 2.75) is 26.8 Å². The molecule has 6 heteroatoms. The van der Waals surface area contributed by atoms with Gasteiger partial charge in [-0.25, -0.2) is 0 Å². The van der Waals surface area contributed by atoms with Gasteiger partial charge in [0.1, 0.15) is 4.47 Å². The summed E-state index contributed by atoms with van der Waals surface area (Å²) in [6, 6.07) is 0.153. The maximum absolute atomic E-state index is 10.5. The van der Waals surface area contributed by atoms with Crippen molar-refractivity contribution in [3.05, 3.63) is 20.8 Å². The van der Waals surface area contributed by atoms with Crippen molar-refractivity contribution in [2.24, 2.45) is 5.92 Å². The average Bonchev–Trinajstić information content (AvgIpc) is 2.45. The van der Waals surface area contributed by atoms with E-state index in [1.54, 1.807) is 10.9 Å². The summed E-state index contributed by atoms with van der Waals surface area (Å²) in [5.41, 5.74) is 0. The standard InChI is InChI=1S/C8H12BrN3O2/c1-5(2)6(3)11-4-7(9)8(10-11)12(13)14/h4-6H,1-3H3. The highest BCUT2D eigenvalue weighted by Gasteiger charge is 2.22. The van der Waals surface area contributed by atoms with Gasteiger partial charge in [0.2, 0.25) is 0 Å². The zero-order chi connectivity index (χ0) is 10.9. The highest BCUT2D eigenvalue weighted by atomic mass is 79.9. The van der Waals surface area contributed by atoms with Crippen molar-refractivity contribution in [3.63, 3.8) is 0 Å². The molecule has 0 aromatic carbocycles. The Hall–Kier alpha value is -0.910. The summed E-state index contributed by atoms with van der Waals surface area (Å²) in [5, 5.41) is 14.4. The number of rotatable bonds is 3. The van der Waals surface area contributed by atoms with E-state index in [1.807, 2.05) is 20.8 Å². The van der Waals surface area contributed by atoms with Gasteiger partial charge in [-0.15, -0.1) is 0 Å². The van der Waals surface area contributed by atoms with E-state index in [1.165, 1.54) is 0 Å². The molecular weight excluding hydrogens is 250 g/mol. The number of hydrogen-bond donors (Lipinski definition) is 0. The smallest absolute Gasteiger partial charge is 0.358 e. The Morgan fingerprint density at radius 1 is 1.57 bits per heavy atom. The van der Waals surface area contributed by atoms with E-state index in [-0.39, 0.29) is 11.9 Å². The van der Waals surface area contributed by atoms with Gasteiger partial charge < -0.3 is 10.1 Å². The number of nitrogens with zero attached hydrogens (tertiary/aromatic N) is 3. The molecule has 0 aliphatic rings. The summed E-state index contributed by atoms with van der Waals surface area (Å²) >= 11 is 3.11. The first-order valence-corrected chi connectivity index (χ1v) is 5.11. The van der Waals surface area contributed by atoms with Gasteiger partial charge in [-0.05, 0) is 33.7 Å². The zero-order valence-corrected chi connectivity index (χ0v) is 9.85. The fourth-order valence-electron chi connectivity index (χ4n) is 0.998. The summed E-state index contributed by atoms with van der Waals surface area (Å²) in [6.07, 6.45) is 1.64. The Morgan fingerprint density at radius 3 is 2.50 bits per heavy atom. The first-order valence-electron chi connectivity index (χ1n) is 4.32. The third-order valence-electron chi connectivity index (χ3n) is 2.22. The van der Waals surface area contributed by atoms with Crippen LogP contribution in [0.15, 0.2) is 10.7 Å². The monoisotopic (exact) mass is 261 g/mol. The Bertz CT molecular complexity index is 348.